The van der Waals surface area contributed by atoms with Crippen LogP contribution in [-0.4, -0.2) is 29.1 Å². The van der Waals surface area contributed by atoms with Crippen molar-refractivity contribution in [2.45, 2.75) is 26.3 Å². The molecule has 1 N–H and O–H groups in total. The summed E-state index contributed by atoms with van der Waals surface area (Å²) < 4.78 is 0. The molecule has 0 aliphatic carbocycles. The van der Waals surface area contributed by atoms with Gasteiger partial charge in [-0.2, -0.15) is 0 Å². The molecule has 1 unspecified atom stereocenters. The SMILES string of the molecule is Cc1ccc(CN2CCC(CC(=O)O)C2)s1. The lowest BCUT2D eigenvalue weighted by Crippen LogP contribution is -2.20. The van der Waals surface area contributed by atoms with E-state index in [-0.39, 0.29) is 0 Å². The van der Waals surface area contributed by atoms with Crippen molar-refractivity contribution < 1.29 is 9.90 Å². The zero-order chi connectivity index (χ0) is 11.5. The predicted octanol–water partition coefficient (Wildman–Crippen LogP) is 2.35. The zero-order valence-electron chi connectivity index (χ0n) is 9.48. The first-order chi connectivity index (χ1) is 7.63. The first-order valence-electron chi connectivity index (χ1n) is 5.63. The highest BCUT2D eigenvalue weighted by molar-refractivity contribution is 7.11. The van der Waals surface area contributed by atoms with Gasteiger partial charge in [0.2, 0.25) is 0 Å². The summed E-state index contributed by atoms with van der Waals surface area (Å²) in [5, 5.41) is 8.74. The van der Waals surface area contributed by atoms with Crippen LogP contribution in [0.15, 0.2) is 12.1 Å². The number of carboxylic acid groups (broad SMARTS) is 1. The monoisotopic (exact) mass is 239 g/mol. The molecule has 0 radical (unpaired) electrons. The lowest BCUT2D eigenvalue weighted by atomic mass is 10.1. The van der Waals surface area contributed by atoms with E-state index < -0.39 is 5.97 Å². The molecule has 88 valence electrons. The molecule has 16 heavy (non-hydrogen) atoms. The van der Waals surface area contributed by atoms with Crippen LogP contribution < -0.4 is 0 Å². The van der Waals surface area contributed by atoms with Crippen molar-refractivity contribution in [1.82, 2.24) is 4.90 Å². The number of thiophene rings is 1. The maximum absolute atomic E-state index is 10.6. The van der Waals surface area contributed by atoms with Gasteiger partial charge >= 0.3 is 5.97 Å². The van der Waals surface area contributed by atoms with E-state index in [1.165, 1.54) is 9.75 Å². The van der Waals surface area contributed by atoms with Crippen molar-refractivity contribution in [1.29, 1.82) is 0 Å². The molecule has 4 heteroatoms. The van der Waals surface area contributed by atoms with Crippen molar-refractivity contribution in [3.05, 3.63) is 21.9 Å². The Bertz CT molecular complexity index is 375. The lowest BCUT2D eigenvalue weighted by Gasteiger charge is -2.14. The first kappa shape index (κ1) is 11.6. The van der Waals surface area contributed by atoms with Gasteiger partial charge in [0.25, 0.3) is 0 Å². The number of hydrogen-bond acceptors (Lipinski definition) is 3. The van der Waals surface area contributed by atoms with Gasteiger partial charge in [0.1, 0.15) is 0 Å². The maximum Gasteiger partial charge on any atom is 0.303 e. The number of likely N-dealkylation sites (tertiary alicyclic amines) is 1. The second-order valence-corrected chi connectivity index (χ2v) is 5.87. The van der Waals surface area contributed by atoms with Crippen LogP contribution in [0.3, 0.4) is 0 Å². The zero-order valence-corrected chi connectivity index (χ0v) is 10.3. The van der Waals surface area contributed by atoms with Gasteiger partial charge in [-0.1, -0.05) is 0 Å². The van der Waals surface area contributed by atoms with Crippen LogP contribution in [-0.2, 0) is 11.3 Å². The maximum atomic E-state index is 10.6. The molecule has 1 aliphatic heterocycles. The third-order valence-electron chi connectivity index (χ3n) is 3.01. The highest BCUT2D eigenvalue weighted by Gasteiger charge is 2.24. The third-order valence-corrected chi connectivity index (χ3v) is 3.99. The molecule has 3 nitrogen and oxygen atoms in total. The molecule has 0 bridgehead atoms. The standard InChI is InChI=1S/C12H17NO2S/c1-9-2-3-11(16-9)8-13-5-4-10(7-13)6-12(14)15/h2-3,10H,4-8H2,1H3,(H,14,15). The molecule has 1 atom stereocenters. The predicted molar refractivity (Wildman–Crippen MR) is 64.7 cm³/mol. The van der Waals surface area contributed by atoms with Crippen molar-refractivity contribution in [3.8, 4) is 0 Å². The Morgan fingerprint density at radius 1 is 1.62 bits per heavy atom. The highest BCUT2D eigenvalue weighted by Crippen LogP contribution is 2.24. The van der Waals surface area contributed by atoms with E-state index in [1.54, 1.807) is 0 Å². The molecule has 1 aliphatic rings. The number of nitrogens with zero attached hydrogens (tertiary/aromatic N) is 1. The third kappa shape index (κ3) is 3.06. The van der Waals surface area contributed by atoms with E-state index in [2.05, 4.69) is 24.0 Å². The molecule has 0 amide bonds. The summed E-state index contributed by atoms with van der Waals surface area (Å²) in [5.74, 6) is -0.322. The Kier molecular flexibility index (Phi) is 3.61. The second kappa shape index (κ2) is 4.97. The minimum atomic E-state index is -0.668. The summed E-state index contributed by atoms with van der Waals surface area (Å²) in [6.07, 6.45) is 1.34. The van der Waals surface area contributed by atoms with Crippen LogP contribution >= 0.6 is 11.3 Å². The number of aliphatic carboxylic acids is 1. The highest BCUT2D eigenvalue weighted by atomic mass is 32.1. The van der Waals surface area contributed by atoms with Crippen LogP contribution in [0, 0.1) is 12.8 Å². The molecule has 1 fully saturated rings. The number of carbonyl (C=O) groups is 1. The van der Waals surface area contributed by atoms with Gasteiger partial charge in [-0.25, -0.2) is 0 Å². The lowest BCUT2D eigenvalue weighted by molar-refractivity contribution is -0.138. The van der Waals surface area contributed by atoms with Crippen LogP contribution in [0.1, 0.15) is 22.6 Å². The van der Waals surface area contributed by atoms with E-state index in [0.717, 1.165) is 26.1 Å². The van der Waals surface area contributed by atoms with Crippen LogP contribution in [0.4, 0.5) is 0 Å². The Labute approximate surface area is 99.7 Å². The van der Waals surface area contributed by atoms with Gasteiger partial charge in [-0.15, -0.1) is 11.3 Å². The van der Waals surface area contributed by atoms with Gasteiger partial charge in [-0.3, -0.25) is 9.69 Å². The number of aryl methyl sites for hydroxylation is 1. The molecule has 2 heterocycles. The minimum absolute atomic E-state index is 0.319. The summed E-state index contributed by atoms with van der Waals surface area (Å²) in [5.41, 5.74) is 0. The normalized spacial score (nSPS) is 21.4. The van der Waals surface area contributed by atoms with E-state index in [4.69, 9.17) is 5.11 Å². The van der Waals surface area contributed by atoms with Gasteiger partial charge in [-0.05, 0) is 37.9 Å². The Morgan fingerprint density at radius 3 is 3.06 bits per heavy atom. The fourth-order valence-corrected chi connectivity index (χ4v) is 3.19. The first-order valence-corrected chi connectivity index (χ1v) is 6.44. The van der Waals surface area contributed by atoms with Crippen molar-refractivity contribution in [2.75, 3.05) is 13.1 Å². The number of hydrogen-bond donors (Lipinski definition) is 1. The van der Waals surface area contributed by atoms with Crippen molar-refractivity contribution >= 4 is 17.3 Å². The average Bonchev–Trinajstić information content (AvgIpc) is 2.76. The van der Waals surface area contributed by atoms with E-state index in [1.807, 2.05) is 11.3 Å². The molecular formula is C12H17NO2S. The molecule has 0 spiro atoms. The van der Waals surface area contributed by atoms with Gasteiger partial charge in [0, 0.05) is 29.3 Å². The Morgan fingerprint density at radius 2 is 2.44 bits per heavy atom. The smallest absolute Gasteiger partial charge is 0.303 e. The molecule has 1 saturated heterocycles. The van der Waals surface area contributed by atoms with Crippen molar-refractivity contribution in [3.63, 3.8) is 0 Å². The second-order valence-electron chi connectivity index (χ2n) is 4.50. The Balaban J connectivity index is 1.82. The van der Waals surface area contributed by atoms with E-state index in [9.17, 15) is 4.79 Å². The van der Waals surface area contributed by atoms with Crippen molar-refractivity contribution in [2.24, 2.45) is 5.92 Å². The van der Waals surface area contributed by atoms with Gasteiger partial charge < -0.3 is 5.11 Å². The molecule has 2 rings (SSSR count). The topological polar surface area (TPSA) is 40.5 Å². The fourth-order valence-electron chi connectivity index (χ4n) is 2.26. The summed E-state index contributed by atoms with van der Waals surface area (Å²) in [6, 6.07) is 4.31. The largest absolute Gasteiger partial charge is 0.481 e. The van der Waals surface area contributed by atoms with Gasteiger partial charge in [0.05, 0.1) is 0 Å². The number of carboxylic acids is 1. The van der Waals surface area contributed by atoms with Gasteiger partial charge in [0.15, 0.2) is 0 Å². The molecule has 1 aromatic rings. The van der Waals surface area contributed by atoms with E-state index in [0.29, 0.717) is 12.3 Å². The van der Waals surface area contributed by atoms with Crippen LogP contribution in [0.2, 0.25) is 0 Å². The molecule has 1 aromatic heterocycles. The quantitative estimate of drug-likeness (QED) is 0.877. The molecular weight excluding hydrogens is 222 g/mol. The molecule has 0 aromatic carbocycles. The summed E-state index contributed by atoms with van der Waals surface area (Å²) in [7, 11) is 0. The average molecular weight is 239 g/mol. The fraction of sp³-hybridized carbons (Fsp3) is 0.583. The summed E-state index contributed by atoms with van der Waals surface area (Å²) in [6.45, 7) is 5.07. The van der Waals surface area contributed by atoms with Crippen LogP contribution in [0.25, 0.3) is 0 Å². The Hall–Kier alpha value is -0.870. The van der Waals surface area contributed by atoms with E-state index >= 15 is 0 Å². The minimum Gasteiger partial charge on any atom is -0.481 e. The molecule has 0 saturated carbocycles. The number of rotatable bonds is 4. The van der Waals surface area contributed by atoms with Crippen LogP contribution in [0.5, 0.6) is 0 Å². The summed E-state index contributed by atoms with van der Waals surface area (Å²) in [4.78, 5) is 15.7. The summed E-state index contributed by atoms with van der Waals surface area (Å²) >= 11 is 1.83.